The molecule has 0 radical (unpaired) electrons. The van der Waals surface area contributed by atoms with Crippen LogP contribution in [0.2, 0.25) is 5.02 Å². The summed E-state index contributed by atoms with van der Waals surface area (Å²) in [6.07, 6.45) is 6.89. The minimum Gasteiger partial charge on any atom is -0.294 e. The summed E-state index contributed by atoms with van der Waals surface area (Å²) in [5, 5.41) is 0.475. The van der Waals surface area contributed by atoms with Gasteiger partial charge in [0.05, 0.1) is 5.02 Å². The SMILES string of the molecule is C#CCCCC(=O)c1cccc(Br)c1Cl. The van der Waals surface area contributed by atoms with E-state index in [1.807, 2.05) is 0 Å². The lowest BCUT2D eigenvalue weighted by atomic mass is 10.1. The van der Waals surface area contributed by atoms with Crippen molar-refractivity contribution in [3.63, 3.8) is 0 Å². The lowest BCUT2D eigenvalue weighted by molar-refractivity contribution is 0.0980. The van der Waals surface area contributed by atoms with Gasteiger partial charge in [0.15, 0.2) is 5.78 Å². The number of hydrogen-bond donors (Lipinski definition) is 0. The van der Waals surface area contributed by atoms with Gasteiger partial charge in [-0.15, -0.1) is 12.3 Å². The van der Waals surface area contributed by atoms with E-state index in [9.17, 15) is 4.79 Å². The average Bonchev–Trinajstić information content (AvgIpc) is 2.22. The second-order valence-corrected chi connectivity index (χ2v) is 4.31. The third kappa shape index (κ3) is 3.37. The standard InChI is InChI=1S/C12H10BrClO/c1-2-3-4-8-11(15)9-6-5-7-10(13)12(9)14/h1,5-7H,3-4,8H2. The fraction of sp³-hybridized carbons (Fsp3) is 0.250. The van der Waals surface area contributed by atoms with Gasteiger partial charge >= 0.3 is 0 Å². The fourth-order valence-electron chi connectivity index (χ4n) is 1.20. The van der Waals surface area contributed by atoms with E-state index >= 15 is 0 Å². The summed E-state index contributed by atoms with van der Waals surface area (Å²) < 4.78 is 0.743. The zero-order valence-corrected chi connectivity index (χ0v) is 10.4. The molecule has 0 saturated heterocycles. The van der Waals surface area contributed by atoms with Crippen LogP contribution in [0.1, 0.15) is 29.6 Å². The maximum atomic E-state index is 11.7. The van der Waals surface area contributed by atoms with Gasteiger partial charge in [0.1, 0.15) is 0 Å². The number of carbonyl (C=O) groups is 1. The summed E-state index contributed by atoms with van der Waals surface area (Å²) in [4.78, 5) is 11.7. The molecule has 0 unspecified atom stereocenters. The molecule has 0 heterocycles. The summed E-state index contributed by atoms with van der Waals surface area (Å²) in [5.41, 5.74) is 0.558. The minimum atomic E-state index is 0.0385. The lowest BCUT2D eigenvalue weighted by Gasteiger charge is -2.03. The van der Waals surface area contributed by atoms with E-state index in [0.29, 0.717) is 29.8 Å². The number of terminal acetylenes is 1. The lowest BCUT2D eigenvalue weighted by Crippen LogP contribution is -1.99. The fourth-order valence-corrected chi connectivity index (χ4v) is 1.80. The molecule has 1 aromatic rings. The van der Waals surface area contributed by atoms with Crippen LogP contribution in [0.25, 0.3) is 0 Å². The summed E-state index contributed by atoms with van der Waals surface area (Å²) >= 11 is 9.27. The zero-order chi connectivity index (χ0) is 11.3. The van der Waals surface area contributed by atoms with Crippen molar-refractivity contribution in [3.8, 4) is 12.3 Å². The van der Waals surface area contributed by atoms with Crippen LogP contribution >= 0.6 is 27.5 Å². The van der Waals surface area contributed by atoms with Crippen molar-refractivity contribution in [1.29, 1.82) is 0 Å². The molecule has 78 valence electrons. The Bertz CT molecular complexity index is 407. The van der Waals surface area contributed by atoms with Gasteiger partial charge in [0.2, 0.25) is 0 Å². The molecule has 0 spiro atoms. The molecule has 1 aromatic carbocycles. The molecule has 0 amide bonds. The Kier molecular flexibility index (Phi) is 4.87. The Hall–Kier alpha value is -0.780. The van der Waals surface area contributed by atoms with Crippen LogP contribution in [0, 0.1) is 12.3 Å². The van der Waals surface area contributed by atoms with Crippen molar-refractivity contribution in [2.45, 2.75) is 19.3 Å². The van der Waals surface area contributed by atoms with Crippen LogP contribution in [0.5, 0.6) is 0 Å². The Balaban J connectivity index is 2.75. The first-order chi connectivity index (χ1) is 7.16. The van der Waals surface area contributed by atoms with Crippen molar-refractivity contribution >= 4 is 33.3 Å². The van der Waals surface area contributed by atoms with E-state index < -0.39 is 0 Å². The van der Waals surface area contributed by atoms with Crippen molar-refractivity contribution in [2.75, 3.05) is 0 Å². The van der Waals surface area contributed by atoms with Crippen molar-refractivity contribution < 1.29 is 4.79 Å². The molecule has 1 rings (SSSR count). The molecular formula is C12H10BrClO. The Labute approximate surface area is 103 Å². The minimum absolute atomic E-state index is 0.0385. The first-order valence-corrected chi connectivity index (χ1v) is 5.74. The average molecular weight is 286 g/mol. The zero-order valence-electron chi connectivity index (χ0n) is 8.09. The quantitative estimate of drug-likeness (QED) is 0.463. The van der Waals surface area contributed by atoms with E-state index in [0.717, 1.165) is 4.47 Å². The van der Waals surface area contributed by atoms with E-state index in [1.54, 1.807) is 18.2 Å². The van der Waals surface area contributed by atoms with E-state index in [2.05, 4.69) is 21.9 Å². The topological polar surface area (TPSA) is 17.1 Å². The van der Waals surface area contributed by atoms with Crippen LogP contribution in [0.4, 0.5) is 0 Å². The molecule has 0 saturated carbocycles. The van der Waals surface area contributed by atoms with Crippen LogP contribution < -0.4 is 0 Å². The number of rotatable bonds is 4. The largest absolute Gasteiger partial charge is 0.294 e. The maximum Gasteiger partial charge on any atom is 0.164 e. The second kappa shape index (κ2) is 5.95. The number of benzene rings is 1. The molecule has 15 heavy (non-hydrogen) atoms. The summed E-state index contributed by atoms with van der Waals surface area (Å²) in [7, 11) is 0. The third-order valence-electron chi connectivity index (χ3n) is 1.98. The number of carbonyl (C=O) groups excluding carboxylic acids is 1. The molecule has 0 N–H and O–H groups in total. The molecule has 0 atom stereocenters. The molecule has 0 aliphatic heterocycles. The van der Waals surface area contributed by atoms with Gasteiger partial charge in [-0.3, -0.25) is 4.79 Å². The van der Waals surface area contributed by atoms with Gasteiger partial charge in [0, 0.05) is 22.9 Å². The van der Waals surface area contributed by atoms with Crippen molar-refractivity contribution in [2.24, 2.45) is 0 Å². The summed E-state index contributed by atoms with van der Waals surface area (Å²) in [6, 6.07) is 5.33. The predicted molar refractivity (Wildman–Crippen MR) is 66.2 cm³/mol. The highest BCUT2D eigenvalue weighted by atomic mass is 79.9. The normalized spacial score (nSPS) is 9.67. The predicted octanol–water partition coefficient (Wildman–Crippen LogP) is 4.09. The Morgan fingerprint density at radius 1 is 1.53 bits per heavy atom. The highest BCUT2D eigenvalue weighted by molar-refractivity contribution is 9.10. The first kappa shape index (κ1) is 12.3. The van der Waals surface area contributed by atoms with Gasteiger partial charge in [-0.1, -0.05) is 17.7 Å². The van der Waals surface area contributed by atoms with Crippen LogP contribution in [0.15, 0.2) is 22.7 Å². The van der Waals surface area contributed by atoms with E-state index in [1.165, 1.54) is 0 Å². The monoisotopic (exact) mass is 284 g/mol. The summed E-state index contributed by atoms with van der Waals surface area (Å²) in [5.74, 6) is 2.54. The molecule has 0 aliphatic rings. The molecule has 0 aliphatic carbocycles. The number of unbranched alkanes of at least 4 members (excludes halogenated alkanes) is 1. The van der Waals surface area contributed by atoms with Crippen molar-refractivity contribution in [1.82, 2.24) is 0 Å². The van der Waals surface area contributed by atoms with Crippen LogP contribution in [-0.2, 0) is 0 Å². The van der Waals surface area contributed by atoms with Crippen molar-refractivity contribution in [3.05, 3.63) is 33.3 Å². The first-order valence-electron chi connectivity index (χ1n) is 4.57. The van der Waals surface area contributed by atoms with E-state index in [4.69, 9.17) is 18.0 Å². The number of Topliss-reactive ketones (excluding diaryl/α,β-unsaturated/α-hetero) is 1. The second-order valence-electron chi connectivity index (χ2n) is 3.08. The van der Waals surface area contributed by atoms with Gasteiger partial charge in [-0.05, 0) is 34.5 Å². The van der Waals surface area contributed by atoms with E-state index in [-0.39, 0.29) is 5.78 Å². The van der Waals surface area contributed by atoms with Gasteiger partial charge in [-0.2, -0.15) is 0 Å². The van der Waals surface area contributed by atoms with Crippen LogP contribution in [-0.4, -0.2) is 5.78 Å². The summed E-state index contributed by atoms with van der Waals surface area (Å²) in [6.45, 7) is 0. The highest BCUT2D eigenvalue weighted by Gasteiger charge is 2.11. The van der Waals surface area contributed by atoms with Gasteiger partial charge in [-0.25, -0.2) is 0 Å². The molecular weight excluding hydrogens is 275 g/mol. The number of ketones is 1. The van der Waals surface area contributed by atoms with Gasteiger partial charge in [0.25, 0.3) is 0 Å². The molecule has 3 heteroatoms. The molecule has 0 fully saturated rings. The maximum absolute atomic E-state index is 11.7. The molecule has 0 bridgehead atoms. The highest BCUT2D eigenvalue weighted by Crippen LogP contribution is 2.27. The number of halogens is 2. The van der Waals surface area contributed by atoms with Gasteiger partial charge < -0.3 is 0 Å². The third-order valence-corrected chi connectivity index (χ3v) is 3.27. The number of hydrogen-bond acceptors (Lipinski definition) is 1. The van der Waals surface area contributed by atoms with Crippen LogP contribution in [0.3, 0.4) is 0 Å². The Morgan fingerprint density at radius 2 is 2.27 bits per heavy atom. The Morgan fingerprint density at radius 3 is 2.93 bits per heavy atom. The molecule has 1 nitrogen and oxygen atoms in total. The molecule has 0 aromatic heterocycles. The smallest absolute Gasteiger partial charge is 0.164 e.